The van der Waals surface area contributed by atoms with Gasteiger partial charge in [-0.05, 0) is 25.0 Å². The minimum atomic E-state index is -4.55. The highest BCUT2D eigenvalue weighted by molar-refractivity contribution is 7.51. The quantitative estimate of drug-likeness (QED) is 0.120. The first-order chi connectivity index (χ1) is 18.4. The van der Waals surface area contributed by atoms with Gasteiger partial charge >= 0.3 is 27.1 Å². The highest BCUT2D eigenvalue weighted by Crippen LogP contribution is 2.43. The third-order valence-corrected chi connectivity index (χ3v) is 7.14. The Labute approximate surface area is 228 Å². The first kappa shape index (κ1) is 33.3. The SMILES string of the molecule is Cc1ncc(CP(=O)(O)O)c(CN(CC(=O)O)Cc2c(CP(=O)(O)O)cnc(C)c2O)c1O.O=C(O)CN1CC1. The van der Waals surface area contributed by atoms with Crippen molar-refractivity contribution in [2.24, 2.45) is 0 Å². The molecule has 0 radical (unpaired) electrons. The zero-order valence-corrected chi connectivity index (χ0v) is 23.5. The number of aliphatic carboxylic acids is 2. The van der Waals surface area contributed by atoms with E-state index in [0.717, 1.165) is 13.1 Å². The average molecular weight is 606 g/mol. The molecule has 40 heavy (non-hydrogen) atoms. The van der Waals surface area contributed by atoms with E-state index in [-0.39, 0.29) is 64.8 Å². The number of carboxylic acid groups (broad SMARTS) is 2. The summed E-state index contributed by atoms with van der Waals surface area (Å²) < 4.78 is 23.1. The number of aromatic nitrogens is 2. The van der Waals surface area contributed by atoms with Gasteiger partial charge in [0.05, 0.1) is 36.8 Å². The van der Waals surface area contributed by atoms with Crippen molar-refractivity contribution < 1.29 is 58.7 Å². The molecule has 222 valence electrons. The summed E-state index contributed by atoms with van der Waals surface area (Å²) in [6, 6.07) is 0. The summed E-state index contributed by atoms with van der Waals surface area (Å²) in [6.07, 6.45) is 0.867. The smallest absolute Gasteiger partial charge is 0.329 e. The van der Waals surface area contributed by atoms with E-state index in [1.165, 1.54) is 31.1 Å². The van der Waals surface area contributed by atoms with E-state index in [1.54, 1.807) is 0 Å². The van der Waals surface area contributed by atoms with Crippen LogP contribution in [0.2, 0.25) is 0 Å². The van der Waals surface area contributed by atoms with Crippen LogP contribution in [0.15, 0.2) is 12.4 Å². The Kier molecular flexibility index (Phi) is 11.3. The lowest BCUT2D eigenvalue weighted by Crippen LogP contribution is -2.30. The zero-order valence-electron chi connectivity index (χ0n) is 21.7. The number of rotatable bonds is 12. The molecule has 1 saturated heterocycles. The molecule has 0 unspecified atom stereocenters. The van der Waals surface area contributed by atoms with Crippen molar-refractivity contribution in [1.82, 2.24) is 19.8 Å². The fourth-order valence-corrected chi connectivity index (χ4v) is 5.10. The molecule has 1 aliphatic rings. The molecule has 2 aromatic rings. The van der Waals surface area contributed by atoms with Crippen molar-refractivity contribution >= 4 is 27.1 Å². The van der Waals surface area contributed by atoms with Crippen LogP contribution in [0.1, 0.15) is 33.6 Å². The summed E-state index contributed by atoms with van der Waals surface area (Å²) in [5.41, 5.74) is 0.390. The van der Waals surface area contributed by atoms with Gasteiger partial charge in [-0.1, -0.05) is 0 Å². The lowest BCUT2D eigenvalue weighted by atomic mass is 10.1. The molecule has 18 heteroatoms. The third kappa shape index (κ3) is 11.3. The van der Waals surface area contributed by atoms with E-state index in [4.69, 9.17) is 5.11 Å². The van der Waals surface area contributed by atoms with Crippen LogP contribution in [-0.2, 0) is 44.1 Å². The molecule has 3 heterocycles. The van der Waals surface area contributed by atoms with E-state index in [1.807, 2.05) is 4.90 Å². The maximum absolute atomic E-state index is 11.5. The largest absolute Gasteiger partial charge is 0.506 e. The second-order valence-electron chi connectivity index (χ2n) is 9.25. The number of nitrogens with zero attached hydrogens (tertiary/aromatic N) is 4. The Bertz CT molecular complexity index is 1260. The standard InChI is InChI=1S/C18H25N3O10P2.C4H7NO2/c1-10-17(24)14(12(3-19-10)8-32(26,27)28)5-21(7-16(22)23)6-15-13(9-33(29,30)31)4-20-11(2)18(15)25;6-4(7)3-5-1-2-5/h3-4,24-25H,5-9H2,1-2H3,(H,22,23)(H2,26,27,28)(H2,29,30,31);1-3H2,(H,6,7). The molecule has 0 spiro atoms. The van der Waals surface area contributed by atoms with Gasteiger partial charge < -0.3 is 40.0 Å². The van der Waals surface area contributed by atoms with Crippen LogP contribution in [0.5, 0.6) is 11.5 Å². The van der Waals surface area contributed by atoms with Gasteiger partial charge in [0.15, 0.2) is 0 Å². The lowest BCUT2D eigenvalue weighted by molar-refractivity contribution is -0.139. The van der Waals surface area contributed by atoms with E-state index < -0.39 is 46.0 Å². The predicted octanol–water partition coefficient (Wildman–Crippen LogP) is 0.333. The summed E-state index contributed by atoms with van der Waals surface area (Å²) in [4.78, 5) is 69.6. The molecule has 0 saturated carbocycles. The highest BCUT2D eigenvalue weighted by Gasteiger charge is 2.26. The lowest BCUT2D eigenvalue weighted by Gasteiger charge is -2.25. The van der Waals surface area contributed by atoms with Crippen molar-refractivity contribution in [2.75, 3.05) is 26.2 Å². The summed E-state index contributed by atoms with van der Waals surface area (Å²) in [5, 5.41) is 38.4. The molecule has 16 nitrogen and oxygen atoms in total. The summed E-state index contributed by atoms with van der Waals surface area (Å²) >= 11 is 0. The monoisotopic (exact) mass is 606 g/mol. The molecule has 0 aliphatic carbocycles. The molecule has 0 aromatic carbocycles. The Morgan fingerprint density at radius 3 is 1.50 bits per heavy atom. The van der Waals surface area contributed by atoms with Crippen LogP contribution in [0.4, 0.5) is 0 Å². The van der Waals surface area contributed by atoms with E-state index in [0.29, 0.717) is 0 Å². The van der Waals surface area contributed by atoms with Gasteiger partial charge in [-0.25, -0.2) is 0 Å². The van der Waals surface area contributed by atoms with Gasteiger partial charge in [0.1, 0.15) is 11.5 Å². The topological polar surface area (TPSA) is 262 Å². The molecule has 0 atom stereocenters. The fraction of sp³-hybridized carbons (Fsp3) is 0.455. The van der Waals surface area contributed by atoms with Crippen molar-refractivity contribution in [2.45, 2.75) is 39.3 Å². The first-order valence-electron chi connectivity index (χ1n) is 11.7. The molecule has 0 bridgehead atoms. The van der Waals surface area contributed by atoms with Crippen molar-refractivity contribution in [3.63, 3.8) is 0 Å². The van der Waals surface area contributed by atoms with Crippen LogP contribution in [-0.4, -0.2) is 97.9 Å². The van der Waals surface area contributed by atoms with Gasteiger partial charge in [0.2, 0.25) is 0 Å². The zero-order chi connectivity index (χ0) is 30.4. The van der Waals surface area contributed by atoms with Crippen molar-refractivity contribution in [1.29, 1.82) is 0 Å². The van der Waals surface area contributed by atoms with E-state index >= 15 is 0 Å². The maximum Gasteiger partial charge on any atom is 0.329 e. The van der Waals surface area contributed by atoms with Crippen LogP contribution < -0.4 is 0 Å². The van der Waals surface area contributed by atoms with E-state index in [9.17, 15) is 53.6 Å². The Balaban J connectivity index is 0.000000693. The second-order valence-corrected chi connectivity index (χ2v) is 12.5. The van der Waals surface area contributed by atoms with Crippen molar-refractivity contribution in [3.05, 3.63) is 46.0 Å². The number of aromatic hydroxyl groups is 2. The number of carboxylic acids is 2. The molecule has 8 N–H and O–H groups in total. The van der Waals surface area contributed by atoms with Gasteiger partial charge in [-0.15, -0.1) is 0 Å². The maximum atomic E-state index is 11.5. The molecule has 1 aliphatic heterocycles. The number of hydrogen-bond acceptors (Lipinski definition) is 10. The van der Waals surface area contributed by atoms with Crippen LogP contribution in [0.25, 0.3) is 0 Å². The first-order valence-corrected chi connectivity index (χ1v) is 15.3. The molecular formula is C22H32N4O12P2. The molecular weight excluding hydrogens is 574 g/mol. The second kappa shape index (κ2) is 13.6. The summed E-state index contributed by atoms with van der Waals surface area (Å²) in [6.45, 7) is 3.82. The minimum Gasteiger partial charge on any atom is -0.506 e. The normalized spacial score (nSPS) is 13.6. The minimum absolute atomic E-state index is 0.00685. The number of hydrogen-bond donors (Lipinski definition) is 8. The molecule has 2 aromatic heterocycles. The fourth-order valence-electron chi connectivity index (χ4n) is 3.66. The van der Waals surface area contributed by atoms with Crippen molar-refractivity contribution in [3.8, 4) is 11.5 Å². The Hall–Kier alpha value is -2.94. The van der Waals surface area contributed by atoms with Gasteiger partial charge in [0.25, 0.3) is 0 Å². The van der Waals surface area contributed by atoms with Crippen LogP contribution >= 0.6 is 15.2 Å². The van der Waals surface area contributed by atoms with E-state index in [2.05, 4.69) is 9.97 Å². The van der Waals surface area contributed by atoms with Gasteiger partial charge in [0, 0.05) is 49.7 Å². The Morgan fingerprint density at radius 1 is 0.825 bits per heavy atom. The summed E-state index contributed by atoms with van der Waals surface area (Å²) in [7, 11) is -9.11. The highest BCUT2D eigenvalue weighted by atomic mass is 31.2. The molecule has 1 fully saturated rings. The third-order valence-electron chi connectivity index (χ3n) is 5.63. The average Bonchev–Trinajstić information content (AvgIpc) is 3.60. The van der Waals surface area contributed by atoms with Gasteiger partial charge in [-0.3, -0.25) is 38.5 Å². The van der Waals surface area contributed by atoms with Crippen LogP contribution in [0, 0.1) is 13.8 Å². The van der Waals surface area contributed by atoms with Gasteiger partial charge in [-0.2, -0.15) is 0 Å². The molecule has 0 amide bonds. The number of pyridine rings is 2. The predicted molar refractivity (Wildman–Crippen MR) is 139 cm³/mol. The summed E-state index contributed by atoms with van der Waals surface area (Å²) in [5.74, 6) is -2.75. The van der Waals surface area contributed by atoms with Crippen LogP contribution in [0.3, 0.4) is 0 Å². The Morgan fingerprint density at radius 2 is 1.23 bits per heavy atom. The number of carbonyl (C=O) groups is 2. The number of aryl methyl sites for hydroxylation is 2. The molecule has 3 rings (SSSR count).